The van der Waals surface area contributed by atoms with E-state index < -0.39 is 0 Å². The van der Waals surface area contributed by atoms with Crippen LogP contribution in [-0.2, 0) is 11.8 Å². The van der Waals surface area contributed by atoms with Crippen LogP contribution in [0, 0.1) is 6.92 Å². The summed E-state index contributed by atoms with van der Waals surface area (Å²) in [7, 11) is 1.86. The molecule has 2 aliphatic rings. The number of aromatic nitrogens is 4. The van der Waals surface area contributed by atoms with E-state index in [2.05, 4.69) is 20.4 Å². The number of hydrogen-bond donors (Lipinski definition) is 1. The maximum absolute atomic E-state index is 12.9. The summed E-state index contributed by atoms with van der Waals surface area (Å²) in [5.74, 6) is 3.08. The van der Waals surface area contributed by atoms with E-state index in [9.17, 15) is 4.79 Å². The highest BCUT2D eigenvalue weighted by molar-refractivity contribution is 5.98. The number of amides is 1. The summed E-state index contributed by atoms with van der Waals surface area (Å²) in [6.07, 6.45) is 5.82. The Morgan fingerprint density at radius 1 is 1.25 bits per heavy atom. The average molecular weight is 326 g/mol. The Kier molecular flexibility index (Phi) is 3.70. The molecular weight excluding hydrogens is 304 g/mol. The standard InChI is InChI=1S/C17H22N6O/c1-11-10-14(21-16(19-11)12-5-6-12)20-13-4-3-9-23(17(13)24)15-7-8-18-22(15)2/h7-8,10,12-13H,3-6,9H2,1-2H3,(H,19,20,21). The fraction of sp³-hybridized carbons (Fsp3) is 0.529. The topological polar surface area (TPSA) is 75.9 Å². The van der Waals surface area contributed by atoms with Crippen LogP contribution in [-0.4, -0.2) is 38.2 Å². The average Bonchev–Trinajstić information content (AvgIpc) is 3.32. The molecule has 0 aromatic carbocycles. The van der Waals surface area contributed by atoms with Gasteiger partial charge in [-0.3, -0.25) is 14.4 Å². The fourth-order valence-electron chi connectivity index (χ4n) is 3.24. The molecule has 126 valence electrons. The van der Waals surface area contributed by atoms with Gasteiger partial charge in [0.2, 0.25) is 0 Å². The van der Waals surface area contributed by atoms with E-state index in [-0.39, 0.29) is 11.9 Å². The van der Waals surface area contributed by atoms with Crippen LogP contribution in [0.2, 0.25) is 0 Å². The van der Waals surface area contributed by atoms with Gasteiger partial charge >= 0.3 is 0 Å². The van der Waals surface area contributed by atoms with Gasteiger partial charge in [0.05, 0.1) is 6.20 Å². The lowest BCUT2D eigenvalue weighted by Crippen LogP contribution is -2.48. The molecule has 1 aliphatic heterocycles. The van der Waals surface area contributed by atoms with E-state index in [0.29, 0.717) is 5.92 Å². The molecule has 7 heteroatoms. The molecule has 1 amide bonds. The van der Waals surface area contributed by atoms with Gasteiger partial charge in [-0.15, -0.1) is 0 Å². The van der Waals surface area contributed by atoms with Crippen LogP contribution in [0.5, 0.6) is 0 Å². The third-order valence-electron chi connectivity index (χ3n) is 4.65. The minimum atomic E-state index is -0.255. The van der Waals surface area contributed by atoms with Crippen LogP contribution in [0.3, 0.4) is 0 Å². The Bertz CT molecular complexity index is 766. The van der Waals surface area contributed by atoms with Crippen molar-refractivity contribution in [1.29, 1.82) is 0 Å². The second-order valence-corrected chi connectivity index (χ2v) is 6.67. The highest BCUT2D eigenvalue weighted by Crippen LogP contribution is 2.38. The van der Waals surface area contributed by atoms with E-state index in [4.69, 9.17) is 0 Å². The van der Waals surface area contributed by atoms with Crippen LogP contribution in [0.1, 0.15) is 43.1 Å². The number of hydrogen-bond acceptors (Lipinski definition) is 5. The molecule has 1 saturated carbocycles. The quantitative estimate of drug-likeness (QED) is 0.930. The van der Waals surface area contributed by atoms with Crippen molar-refractivity contribution < 1.29 is 4.79 Å². The summed E-state index contributed by atoms with van der Waals surface area (Å²) in [6.45, 7) is 2.70. The van der Waals surface area contributed by atoms with E-state index in [1.54, 1.807) is 10.9 Å². The summed E-state index contributed by atoms with van der Waals surface area (Å²) >= 11 is 0. The first kappa shape index (κ1) is 15.1. The Labute approximate surface area is 141 Å². The first-order valence-electron chi connectivity index (χ1n) is 8.53. The molecule has 24 heavy (non-hydrogen) atoms. The van der Waals surface area contributed by atoms with Crippen molar-refractivity contribution >= 4 is 17.5 Å². The van der Waals surface area contributed by atoms with Crippen molar-refractivity contribution in [1.82, 2.24) is 19.7 Å². The number of piperidine rings is 1. The van der Waals surface area contributed by atoms with Crippen molar-refractivity contribution in [3.05, 3.63) is 29.8 Å². The van der Waals surface area contributed by atoms with E-state index >= 15 is 0 Å². The van der Waals surface area contributed by atoms with Crippen LogP contribution >= 0.6 is 0 Å². The molecule has 0 spiro atoms. The van der Waals surface area contributed by atoms with Crippen LogP contribution in [0.4, 0.5) is 11.6 Å². The Balaban J connectivity index is 1.54. The molecule has 1 aliphatic carbocycles. The van der Waals surface area contributed by atoms with E-state index in [1.165, 1.54) is 12.8 Å². The molecule has 0 radical (unpaired) electrons. The van der Waals surface area contributed by atoms with Crippen LogP contribution < -0.4 is 10.2 Å². The number of rotatable bonds is 4. The van der Waals surface area contributed by atoms with Crippen LogP contribution in [0.25, 0.3) is 0 Å². The summed E-state index contributed by atoms with van der Waals surface area (Å²) < 4.78 is 1.74. The van der Waals surface area contributed by atoms with Crippen molar-refractivity contribution in [2.75, 3.05) is 16.8 Å². The van der Waals surface area contributed by atoms with Gasteiger partial charge in [-0.2, -0.15) is 5.10 Å². The van der Waals surface area contributed by atoms with E-state index in [1.807, 2.05) is 31.0 Å². The summed E-state index contributed by atoms with van der Waals surface area (Å²) in [5.41, 5.74) is 0.946. The second-order valence-electron chi connectivity index (χ2n) is 6.67. The molecule has 2 fully saturated rings. The zero-order valence-electron chi connectivity index (χ0n) is 14.1. The largest absolute Gasteiger partial charge is 0.358 e. The maximum atomic E-state index is 12.9. The van der Waals surface area contributed by atoms with Gasteiger partial charge in [0.25, 0.3) is 5.91 Å². The summed E-state index contributed by atoms with van der Waals surface area (Å²) in [5, 5.41) is 7.50. The lowest BCUT2D eigenvalue weighted by Gasteiger charge is -2.32. The molecule has 3 heterocycles. The normalized spacial score (nSPS) is 21.2. The Morgan fingerprint density at radius 2 is 2.08 bits per heavy atom. The fourth-order valence-corrected chi connectivity index (χ4v) is 3.24. The Morgan fingerprint density at radius 3 is 2.79 bits per heavy atom. The third-order valence-corrected chi connectivity index (χ3v) is 4.65. The molecule has 0 bridgehead atoms. The molecule has 7 nitrogen and oxygen atoms in total. The van der Waals surface area contributed by atoms with Gasteiger partial charge in [0.1, 0.15) is 23.5 Å². The molecule has 2 aromatic rings. The number of aryl methyl sites for hydroxylation is 2. The molecule has 1 unspecified atom stereocenters. The molecule has 2 aromatic heterocycles. The zero-order chi connectivity index (χ0) is 16.7. The lowest BCUT2D eigenvalue weighted by atomic mass is 10.0. The maximum Gasteiger partial charge on any atom is 0.250 e. The van der Waals surface area contributed by atoms with E-state index in [0.717, 1.165) is 42.5 Å². The smallest absolute Gasteiger partial charge is 0.250 e. The van der Waals surface area contributed by atoms with Crippen molar-refractivity contribution in [2.45, 2.75) is 44.6 Å². The first-order valence-corrected chi connectivity index (χ1v) is 8.53. The summed E-state index contributed by atoms with van der Waals surface area (Å²) in [6, 6.07) is 3.54. The van der Waals surface area contributed by atoms with Gasteiger partial charge in [-0.25, -0.2) is 9.97 Å². The van der Waals surface area contributed by atoms with Crippen molar-refractivity contribution in [3.8, 4) is 0 Å². The van der Waals surface area contributed by atoms with Gasteiger partial charge in [0, 0.05) is 37.3 Å². The number of carbonyl (C=O) groups excluding carboxylic acids is 1. The highest BCUT2D eigenvalue weighted by Gasteiger charge is 2.32. The van der Waals surface area contributed by atoms with Crippen molar-refractivity contribution in [2.24, 2.45) is 7.05 Å². The minimum Gasteiger partial charge on any atom is -0.358 e. The van der Waals surface area contributed by atoms with Gasteiger partial charge in [-0.1, -0.05) is 0 Å². The molecule has 1 N–H and O–H groups in total. The highest BCUT2D eigenvalue weighted by atomic mass is 16.2. The third kappa shape index (κ3) is 2.86. The van der Waals surface area contributed by atoms with Crippen LogP contribution in [0.15, 0.2) is 18.3 Å². The first-order chi connectivity index (χ1) is 11.6. The molecule has 1 saturated heterocycles. The number of nitrogens with zero attached hydrogens (tertiary/aromatic N) is 5. The van der Waals surface area contributed by atoms with Gasteiger partial charge in [0.15, 0.2) is 0 Å². The molecular formula is C17H22N6O. The van der Waals surface area contributed by atoms with Gasteiger partial charge in [-0.05, 0) is 32.6 Å². The SMILES string of the molecule is Cc1cc(NC2CCCN(c3ccnn3C)C2=O)nc(C2CC2)n1. The summed E-state index contributed by atoms with van der Waals surface area (Å²) in [4.78, 5) is 23.8. The van der Waals surface area contributed by atoms with Gasteiger partial charge < -0.3 is 5.32 Å². The second kappa shape index (κ2) is 5.89. The zero-order valence-corrected chi connectivity index (χ0v) is 14.1. The minimum absolute atomic E-state index is 0.0779. The number of nitrogens with one attached hydrogen (secondary N) is 1. The number of carbonyl (C=O) groups is 1. The van der Waals surface area contributed by atoms with Crippen molar-refractivity contribution in [3.63, 3.8) is 0 Å². The molecule has 4 rings (SSSR count). The predicted molar refractivity (Wildman–Crippen MR) is 90.9 cm³/mol. The monoisotopic (exact) mass is 326 g/mol. The predicted octanol–water partition coefficient (Wildman–Crippen LogP) is 2.00. The Hall–Kier alpha value is -2.44. The lowest BCUT2D eigenvalue weighted by molar-refractivity contribution is -0.120. The molecule has 1 atom stereocenters. The number of anilines is 2.